The van der Waals surface area contributed by atoms with Crippen molar-refractivity contribution in [3.05, 3.63) is 57.1 Å². The number of rotatable bonds is 2. The summed E-state index contributed by atoms with van der Waals surface area (Å²) in [5.74, 6) is 0. The average molecular weight is 300 g/mol. The second-order valence-electron chi connectivity index (χ2n) is 5.74. The molecule has 1 heterocycles. The minimum atomic E-state index is -0.372. The molecule has 1 aliphatic rings. The number of nitrogens with zero attached hydrogens (tertiary/aromatic N) is 1. The predicted octanol–water partition coefficient (Wildman–Crippen LogP) is 2.78. The monoisotopic (exact) mass is 300 g/mol. The first-order chi connectivity index (χ1) is 10.7. The standard InChI is InChI=1S/C17H20N2O3/c1-12-7-5-6-8-13(12)11-18-17(21)19-15-10-4-2-3-9-14(15)16(20)22-19/h5-8H,2-4,9-11H2,1H3,(H,18,21). The molecule has 1 aromatic heterocycles. The first kappa shape index (κ1) is 14.6. The van der Waals surface area contributed by atoms with Crippen LogP contribution in [0.15, 0.2) is 33.6 Å². The normalized spacial score (nSPS) is 14.2. The number of carbonyl (C=O) groups is 1. The Hall–Kier alpha value is -2.30. The largest absolute Gasteiger partial charge is 0.361 e. The summed E-state index contributed by atoms with van der Waals surface area (Å²) in [6.07, 6.45) is 4.47. The highest BCUT2D eigenvalue weighted by atomic mass is 16.5. The molecule has 0 saturated heterocycles. The van der Waals surface area contributed by atoms with Gasteiger partial charge in [-0.25, -0.2) is 9.59 Å². The smallest absolute Gasteiger partial charge is 0.331 e. The van der Waals surface area contributed by atoms with E-state index in [1.54, 1.807) is 0 Å². The van der Waals surface area contributed by atoms with Gasteiger partial charge in [-0.05, 0) is 43.7 Å². The van der Waals surface area contributed by atoms with Crippen molar-refractivity contribution in [2.75, 3.05) is 0 Å². The summed E-state index contributed by atoms with van der Waals surface area (Å²) in [7, 11) is 0. The number of hydrogen-bond donors (Lipinski definition) is 1. The van der Waals surface area contributed by atoms with Gasteiger partial charge in [0.05, 0.1) is 11.3 Å². The Morgan fingerprint density at radius 1 is 1.23 bits per heavy atom. The molecule has 0 unspecified atom stereocenters. The zero-order valence-corrected chi connectivity index (χ0v) is 12.7. The van der Waals surface area contributed by atoms with Crippen LogP contribution in [0.2, 0.25) is 0 Å². The van der Waals surface area contributed by atoms with Crippen LogP contribution in [-0.4, -0.2) is 10.8 Å². The molecule has 0 bridgehead atoms. The molecule has 0 saturated carbocycles. The highest BCUT2D eigenvalue weighted by Crippen LogP contribution is 2.18. The second kappa shape index (κ2) is 6.22. The number of aryl methyl sites for hydroxylation is 1. The van der Waals surface area contributed by atoms with Crippen LogP contribution in [0.25, 0.3) is 0 Å². The predicted molar refractivity (Wildman–Crippen MR) is 83.0 cm³/mol. The summed E-state index contributed by atoms with van der Waals surface area (Å²) in [6, 6.07) is 7.51. The van der Waals surface area contributed by atoms with Crippen molar-refractivity contribution in [1.29, 1.82) is 0 Å². The van der Waals surface area contributed by atoms with Gasteiger partial charge < -0.3 is 9.84 Å². The maximum atomic E-state index is 12.3. The Balaban J connectivity index is 1.78. The summed E-state index contributed by atoms with van der Waals surface area (Å²) >= 11 is 0. The Labute approximate surface area is 128 Å². The van der Waals surface area contributed by atoms with Crippen LogP contribution in [0.1, 0.15) is 41.6 Å². The third kappa shape index (κ3) is 2.84. The van der Waals surface area contributed by atoms with Crippen LogP contribution in [0.3, 0.4) is 0 Å². The van der Waals surface area contributed by atoms with Crippen molar-refractivity contribution < 1.29 is 9.32 Å². The van der Waals surface area contributed by atoms with E-state index in [2.05, 4.69) is 5.32 Å². The van der Waals surface area contributed by atoms with Crippen LogP contribution in [0.4, 0.5) is 4.79 Å². The van der Waals surface area contributed by atoms with Crippen molar-refractivity contribution in [2.24, 2.45) is 0 Å². The third-order valence-corrected chi connectivity index (χ3v) is 4.23. The van der Waals surface area contributed by atoms with E-state index in [4.69, 9.17) is 4.52 Å². The lowest BCUT2D eigenvalue weighted by Gasteiger charge is -2.09. The van der Waals surface area contributed by atoms with Crippen molar-refractivity contribution >= 4 is 6.03 Å². The minimum Gasteiger partial charge on any atom is -0.331 e. The van der Waals surface area contributed by atoms with Gasteiger partial charge in [0.25, 0.3) is 0 Å². The molecular formula is C17H20N2O3. The lowest BCUT2D eigenvalue weighted by molar-refractivity contribution is 0.203. The Bertz CT molecular complexity index is 743. The Morgan fingerprint density at radius 3 is 2.82 bits per heavy atom. The van der Waals surface area contributed by atoms with E-state index in [0.717, 1.165) is 47.2 Å². The number of carbonyl (C=O) groups excluding carboxylic acids is 1. The van der Waals surface area contributed by atoms with Crippen LogP contribution in [0, 0.1) is 6.92 Å². The Kier molecular flexibility index (Phi) is 4.13. The van der Waals surface area contributed by atoms with Gasteiger partial charge in [-0.15, -0.1) is 4.74 Å². The van der Waals surface area contributed by atoms with E-state index in [9.17, 15) is 9.59 Å². The molecule has 5 nitrogen and oxygen atoms in total. The van der Waals surface area contributed by atoms with E-state index in [0.29, 0.717) is 18.5 Å². The first-order valence-electron chi connectivity index (χ1n) is 7.73. The van der Waals surface area contributed by atoms with Crippen molar-refractivity contribution in [3.8, 4) is 0 Å². The van der Waals surface area contributed by atoms with E-state index in [1.807, 2.05) is 31.2 Å². The Morgan fingerprint density at radius 2 is 2.00 bits per heavy atom. The van der Waals surface area contributed by atoms with Gasteiger partial charge in [0.2, 0.25) is 0 Å². The third-order valence-electron chi connectivity index (χ3n) is 4.23. The molecule has 5 heteroatoms. The van der Waals surface area contributed by atoms with Crippen LogP contribution in [-0.2, 0) is 19.4 Å². The number of nitrogens with one attached hydrogen (secondary N) is 1. The maximum absolute atomic E-state index is 12.3. The fraction of sp³-hybridized carbons (Fsp3) is 0.412. The number of benzene rings is 1. The van der Waals surface area contributed by atoms with Crippen LogP contribution >= 0.6 is 0 Å². The molecule has 1 amide bonds. The highest BCUT2D eigenvalue weighted by Gasteiger charge is 2.22. The number of fused-ring (bicyclic) bond motifs is 1. The summed E-state index contributed by atoms with van der Waals surface area (Å²) in [4.78, 5) is 24.2. The molecule has 116 valence electrons. The number of amides is 1. The molecule has 0 fully saturated rings. The van der Waals surface area contributed by atoms with Gasteiger partial charge in [-0.3, -0.25) is 0 Å². The van der Waals surface area contributed by atoms with Gasteiger partial charge >= 0.3 is 11.7 Å². The molecule has 0 radical (unpaired) electrons. The summed E-state index contributed by atoms with van der Waals surface area (Å²) in [5, 5.41) is 2.83. The van der Waals surface area contributed by atoms with Gasteiger partial charge in [0.1, 0.15) is 0 Å². The van der Waals surface area contributed by atoms with E-state index in [1.165, 1.54) is 0 Å². The zero-order valence-electron chi connectivity index (χ0n) is 12.7. The SMILES string of the molecule is Cc1ccccc1CNC(=O)n1oc(=O)c2c1CCCCC2. The quantitative estimate of drug-likeness (QED) is 0.867. The minimum absolute atomic E-state index is 0.372. The van der Waals surface area contributed by atoms with E-state index in [-0.39, 0.29) is 11.7 Å². The fourth-order valence-electron chi connectivity index (χ4n) is 2.92. The zero-order chi connectivity index (χ0) is 15.5. The van der Waals surface area contributed by atoms with Gasteiger partial charge in [-0.1, -0.05) is 30.7 Å². The van der Waals surface area contributed by atoms with Crippen molar-refractivity contribution in [3.63, 3.8) is 0 Å². The molecule has 0 aliphatic heterocycles. The van der Waals surface area contributed by atoms with Crippen LogP contribution < -0.4 is 10.9 Å². The van der Waals surface area contributed by atoms with Crippen LogP contribution in [0.5, 0.6) is 0 Å². The summed E-state index contributed by atoms with van der Waals surface area (Å²) in [5.41, 5.74) is 3.21. The topological polar surface area (TPSA) is 64.2 Å². The molecule has 2 aromatic rings. The molecule has 22 heavy (non-hydrogen) atoms. The van der Waals surface area contributed by atoms with E-state index >= 15 is 0 Å². The van der Waals surface area contributed by atoms with Crippen molar-refractivity contribution in [2.45, 2.75) is 45.6 Å². The lowest BCUT2D eigenvalue weighted by atomic mass is 10.1. The molecular weight excluding hydrogens is 280 g/mol. The first-order valence-corrected chi connectivity index (χ1v) is 7.73. The van der Waals surface area contributed by atoms with E-state index < -0.39 is 0 Å². The number of aromatic nitrogens is 1. The molecule has 1 aromatic carbocycles. The lowest BCUT2D eigenvalue weighted by Crippen LogP contribution is -2.29. The van der Waals surface area contributed by atoms with Gasteiger partial charge in [-0.2, -0.15) is 0 Å². The molecule has 0 spiro atoms. The molecule has 0 atom stereocenters. The second-order valence-corrected chi connectivity index (χ2v) is 5.74. The average Bonchev–Trinajstić information content (AvgIpc) is 2.70. The van der Waals surface area contributed by atoms with Gasteiger partial charge in [0.15, 0.2) is 0 Å². The molecule has 1 aliphatic carbocycles. The molecule has 3 rings (SSSR count). The van der Waals surface area contributed by atoms with Gasteiger partial charge in [0, 0.05) is 6.54 Å². The fourth-order valence-corrected chi connectivity index (χ4v) is 2.92. The molecule has 1 N–H and O–H groups in total. The summed E-state index contributed by atoms with van der Waals surface area (Å²) < 4.78 is 6.31. The van der Waals surface area contributed by atoms with Crippen molar-refractivity contribution in [1.82, 2.24) is 10.1 Å². The highest BCUT2D eigenvalue weighted by molar-refractivity contribution is 5.76. The number of hydrogen-bond acceptors (Lipinski definition) is 3. The summed E-state index contributed by atoms with van der Waals surface area (Å²) in [6.45, 7) is 2.42. The maximum Gasteiger partial charge on any atom is 0.361 e.